The van der Waals surface area contributed by atoms with E-state index in [0.29, 0.717) is 0 Å². The van der Waals surface area contributed by atoms with Crippen molar-refractivity contribution < 1.29 is 0 Å². The molecule has 2 N–H and O–H groups in total. The molecule has 3 rings (SSSR count). The van der Waals surface area contributed by atoms with E-state index in [1.54, 1.807) is 24.9 Å². The number of rotatable bonds is 2. The predicted molar refractivity (Wildman–Crippen MR) is 76.6 cm³/mol. The van der Waals surface area contributed by atoms with Crippen LogP contribution in [0.2, 0.25) is 0 Å². The largest absolute Gasteiger partial charge is 0.368 e. The van der Waals surface area contributed by atoms with Crippen LogP contribution in [0.25, 0.3) is 22.5 Å². The fourth-order valence-corrected chi connectivity index (χ4v) is 2.21. The first-order valence-corrected chi connectivity index (χ1v) is 6.18. The van der Waals surface area contributed by atoms with E-state index in [2.05, 4.69) is 19.9 Å². The van der Waals surface area contributed by atoms with Crippen LogP contribution in [0, 0.1) is 6.92 Å². The lowest BCUT2D eigenvalue weighted by Gasteiger charge is -2.12. The molecule has 0 atom stereocenters. The number of nitrogen functional groups attached to an aromatic ring is 1. The molecule has 3 aromatic heterocycles. The Morgan fingerprint density at radius 1 is 1.15 bits per heavy atom. The summed E-state index contributed by atoms with van der Waals surface area (Å²) in [6, 6.07) is 3.82. The molecule has 0 aliphatic heterocycles. The molecule has 0 aromatic carbocycles. The Hall–Kier alpha value is -2.76. The van der Waals surface area contributed by atoms with Gasteiger partial charge in [0, 0.05) is 30.6 Å². The number of nitrogens with zero attached hydrogens (tertiary/aromatic N) is 5. The van der Waals surface area contributed by atoms with Crippen molar-refractivity contribution in [1.82, 2.24) is 24.5 Å². The van der Waals surface area contributed by atoms with Gasteiger partial charge in [-0.25, -0.2) is 15.0 Å². The van der Waals surface area contributed by atoms with Crippen LogP contribution < -0.4 is 5.73 Å². The van der Waals surface area contributed by atoms with Gasteiger partial charge in [0.2, 0.25) is 5.95 Å². The molecular weight excluding hydrogens is 252 g/mol. The van der Waals surface area contributed by atoms with Crippen molar-refractivity contribution in [2.24, 2.45) is 7.05 Å². The highest BCUT2D eigenvalue weighted by molar-refractivity contribution is 5.80. The maximum absolute atomic E-state index is 5.79. The second kappa shape index (κ2) is 4.73. The summed E-state index contributed by atoms with van der Waals surface area (Å²) in [6.07, 6.45) is 7.03. The normalized spacial score (nSPS) is 10.7. The van der Waals surface area contributed by atoms with E-state index >= 15 is 0 Å². The monoisotopic (exact) mass is 266 g/mol. The molecule has 3 heterocycles. The van der Waals surface area contributed by atoms with Gasteiger partial charge in [0.15, 0.2) is 0 Å². The first-order chi connectivity index (χ1) is 9.66. The van der Waals surface area contributed by atoms with E-state index < -0.39 is 0 Å². The Labute approximate surface area is 116 Å². The number of aromatic nitrogens is 5. The van der Waals surface area contributed by atoms with Gasteiger partial charge in [-0.3, -0.25) is 4.98 Å². The lowest BCUT2D eigenvalue weighted by molar-refractivity contribution is 0.917. The van der Waals surface area contributed by atoms with Crippen LogP contribution >= 0.6 is 0 Å². The minimum absolute atomic E-state index is 0.257. The molecule has 0 unspecified atom stereocenters. The lowest BCUT2D eigenvalue weighted by Crippen LogP contribution is -2.04. The number of imidazole rings is 1. The van der Waals surface area contributed by atoms with Gasteiger partial charge in [-0.1, -0.05) is 0 Å². The maximum Gasteiger partial charge on any atom is 0.220 e. The Bertz CT molecular complexity index is 748. The van der Waals surface area contributed by atoms with E-state index in [0.717, 1.165) is 28.2 Å². The average Bonchev–Trinajstić information content (AvgIpc) is 2.85. The molecule has 0 saturated heterocycles. The third kappa shape index (κ3) is 2.01. The summed E-state index contributed by atoms with van der Waals surface area (Å²) >= 11 is 0. The summed E-state index contributed by atoms with van der Waals surface area (Å²) in [7, 11) is 1.94. The van der Waals surface area contributed by atoms with Crippen LogP contribution in [-0.4, -0.2) is 24.5 Å². The number of hydrogen-bond donors (Lipinski definition) is 1. The van der Waals surface area contributed by atoms with E-state index in [9.17, 15) is 0 Å². The fourth-order valence-electron chi connectivity index (χ4n) is 2.21. The molecular formula is C14H14N6. The summed E-state index contributed by atoms with van der Waals surface area (Å²) in [5.41, 5.74) is 10.2. The van der Waals surface area contributed by atoms with E-state index in [-0.39, 0.29) is 5.95 Å². The van der Waals surface area contributed by atoms with E-state index in [1.807, 2.05) is 30.7 Å². The minimum atomic E-state index is 0.257. The number of aryl methyl sites for hydroxylation is 2. The molecule has 0 aliphatic rings. The fraction of sp³-hybridized carbons (Fsp3) is 0.143. The Balaban J connectivity index is 2.32. The lowest BCUT2D eigenvalue weighted by atomic mass is 10.0. The second-order valence-electron chi connectivity index (χ2n) is 4.52. The molecule has 0 bridgehead atoms. The smallest absolute Gasteiger partial charge is 0.220 e. The van der Waals surface area contributed by atoms with Crippen LogP contribution in [0.3, 0.4) is 0 Å². The van der Waals surface area contributed by atoms with Gasteiger partial charge in [0.25, 0.3) is 0 Å². The SMILES string of the molecule is Cc1nc(N)nc(-c2cccnc2)c1-c1cncn1C. The van der Waals surface area contributed by atoms with Gasteiger partial charge in [-0.15, -0.1) is 0 Å². The Kier molecular flexibility index (Phi) is 2.90. The summed E-state index contributed by atoms with van der Waals surface area (Å²) in [4.78, 5) is 16.9. The molecule has 100 valence electrons. The summed E-state index contributed by atoms with van der Waals surface area (Å²) in [5.74, 6) is 0.257. The minimum Gasteiger partial charge on any atom is -0.368 e. The molecule has 6 heteroatoms. The van der Waals surface area contributed by atoms with Crippen molar-refractivity contribution in [3.8, 4) is 22.5 Å². The molecule has 0 fully saturated rings. The van der Waals surface area contributed by atoms with Crippen molar-refractivity contribution in [3.05, 3.63) is 42.7 Å². The zero-order valence-electron chi connectivity index (χ0n) is 11.3. The molecule has 20 heavy (non-hydrogen) atoms. The number of hydrogen-bond acceptors (Lipinski definition) is 5. The van der Waals surface area contributed by atoms with Gasteiger partial charge in [-0.05, 0) is 19.1 Å². The summed E-state index contributed by atoms with van der Waals surface area (Å²) in [6.45, 7) is 1.92. The first-order valence-electron chi connectivity index (χ1n) is 6.18. The molecule has 0 aliphatic carbocycles. The standard InChI is InChI=1S/C14H14N6/c1-9-12(11-7-17-8-20(11)2)13(19-14(15)18-9)10-4-3-5-16-6-10/h3-8H,1-2H3,(H2,15,18,19). The zero-order chi connectivity index (χ0) is 14.1. The summed E-state index contributed by atoms with van der Waals surface area (Å²) in [5, 5.41) is 0. The summed E-state index contributed by atoms with van der Waals surface area (Å²) < 4.78 is 1.93. The molecule has 0 radical (unpaired) electrons. The van der Waals surface area contributed by atoms with Crippen molar-refractivity contribution in [3.63, 3.8) is 0 Å². The zero-order valence-corrected chi connectivity index (χ0v) is 11.3. The van der Waals surface area contributed by atoms with Crippen LogP contribution in [0.4, 0.5) is 5.95 Å². The van der Waals surface area contributed by atoms with Crippen LogP contribution in [-0.2, 0) is 7.05 Å². The van der Waals surface area contributed by atoms with Crippen molar-refractivity contribution >= 4 is 5.95 Å². The predicted octanol–water partition coefficient (Wildman–Crippen LogP) is 1.83. The van der Waals surface area contributed by atoms with Crippen molar-refractivity contribution in [1.29, 1.82) is 0 Å². The Morgan fingerprint density at radius 3 is 2.65 bits per heavy atom. The first kappa shape index (κ1) is 12.3. The van der Waals surface area contributed by atoms with E-state index in [1.165, 1.54) is 0 Å². The Morgan fingerprint density at radius 2 is 2.00 bits per heavy atom. The highest BCUT2D eigenvalue weighted by Crippen LogP contribution is 2.32. The molecule has 0 amide bonds. The van der Waals surface area contributed by atoms with Gasteiger partial charge >= 0.3 is 0 Å². The van der Waals surface area contributed by atoms with Crippen molar-refractivity contribution in [2.75, 3.05) is 5.73 Å². The molecule has 3 aromatic rings. The number of nitrogens with two attached hydrogens (primary N) is 1. The van der Waals surface area contributed by atoms with Crippen LogP contribution in [0.15, 0.2) is 37.1 Å². The van der Waals surface area contributed by atoms with E-state index in [4.69, 9.17) is 5.73 Å². The van der Waals surface area contributed by atoms with Gasteiger partial charge < -0.3 is 10.3 Å². The highest BCUT2D eigenvalue weighted by atomic mass is 15.0. The van der Waals surface area contributed by atoms with Gasteiger partial charge in [0.1, 0.15) is 0 Å². The quantitative estimate of drug-likeness (QED) is 0.765. The topological polar surface area (TPSA) is 82.5 Å². The van der Waals surface area contributed by atoms with Crippen LogP contribution in [0.1, 0.15) is 5.69 Å². The molecule has 0 saturated carbocycles. The number of anilines is 1. The van der Waals surface area contributed by atoms with Gasteiger partial charge in [0.05, 0.1) is 29.6 Å². The molecule has 6 nitrogen and oxygen atoms in total. The highest BCUT2D eigenvalue weighted by Gasteiger charge is 2.16. The molecule has 0 spiro atoms. The third-order valence-electron chi connectivity index (χ3n) is 3.12. The average molecular weight is 266 g/mol. The van der Waals surface area contributed by atoms with Crippen molar-refractivity contribution in [2.45, 2.75) is 6.92 Å². The van der Waals surface area contributed by atoms with Crippen LogP contribution in [0.5, 0.6) is 0 Å². The number of pyridine rings is 1. The van der Waals surface area contributed by atoms with Gasteiger partial charge in [-0.2, -0.15) is 0 Å². The second-order valence-corrected chi connectivity index (χ2v) is 4.52. The third-order valence-corrected chi connectivity index (χ3v) is 3.12. The maximum atomic E-state index is 5.79.